The Labute approximate surface area is 144 Å². The fourth-order valence-corrected chi connectivity index (χ4v) is 2.32. The van der Waals surface area contributed by atoms with E-state index in [-0.39, 0.29) is 12.5 Å². The summed E-state index contributed by atoms with van der Waals surface area (Å²) < 4.78 is 10.3. The van der Waals surface area contributed by atoms with E-state index >= 15 is 0 Å². The molecule has 130 valence electrons. The highest BCUT2D eigenvalue weighted by atomic mass is 16.5. The van der Waals surface area contributed by atoms with Crippen molar-refractivity contribution in [1.29, 1.82) is 0 Å². The van der Waals surface area contributed by atoms with Gasteiger partial charge >= 0.3 is 0 Å². The number of ether oxygens (including phenoxy) is 1. The molecular weight excluding hydrogens is 322 g/mol. The number of hydrogen-bond acceptors (Lipinski definition) is 6. The third kappa shape index (κ3) is 3.68. The summed E-state index contributed by atoms with van der Waals surface area (Å²) in [5.41, 5.74) is 1.97. The Bertz CT molecular complexity index is 853. The molecule has 25 heavy (non-hydrogen) atoms. The summed E-state index contributed by atoms with van der Waals surface area (Å²) in [7, 11) is 3.29. The molecule has 0 atom stereocenters. The van der Waals surface area contributed by atoms with Crippen LogP contribution in [0.15, 0.2) is 34.9 Å². The van der Waals surface area contributed by atoms with Crippen LogP contribution in [0.4, 0.5) is 0 Å². The smallest absolute Gasteiger partial charge is 0.272 e. The molecule has 0 fully saturated rings. The lowest BCUT2D eigenvalue weighted by Crippen LogP contribution is -2.26. The van der Waals surface area contributed by atoms with Crippen LogP contribution in [0.25, 0.3) is 11.3 Å². The molecule has 0 aliphatic heterocycles. The number of benzene rings is 1. The number of H-pyrrole nitrogens is 1. The van der Waals surface area contributed by atoms with E-state index in [1.54, 1.807) is 20.2 Å². The van der Waals surface area contributed by atoms with E-state index < -0.39 is 0 Å². The highest BCUT2D eigenvalue weighted by Gasteiger charge is 2.18. The van der Waals surface area contributed by atoms with Crippen LogP contribution >= 0.6 is 0 Å². The third-order valence-electron chi connectivity index (χ3n) is 3.74. The molecule has 0 spiro atoms. The van der Waals surface area contributed by atoms with Gasteiger partial charge in [0.2, 0.25) is 5.89 Å². The van der Waals surface area contributed by atoms with Crippen LogP contribution in [0.5, 0.6) is 5.75 Å². The van der Waals surface area contributed by atoms with Crippen LogP contribution in [0.1, 0.15) is 29.1 Å². The summed E-state index contributed by atoms with van der Waals surface area (Å²) in [6, 6.07) is 9.18. The minimum Gasteiger partial charge on any atom is -0.497 e. The third-order valence-corrected chi connectivity index (χ3v) is 3.74. The summed E-state index contributed by atoms with van der Waals surface area (Å²) >= 11 is 0. The number of nitrogens with zero attached hydrogens (tertiary/aromatic N) is 4. The zero-order valence-corrected chi connectivity index (χ0v) is 14.3. The van der Waals surface area contributed by atoms with Gasteiger partial charge in [-0.3, -0.25) is 9.89 Å². The number of aromatic nitrogens is 4. The topological polar surface area (TPSA) is 97.1 Å². The number of hydrogen-bond donors (Lipinski definition) is 1. The lowest BCUT2D eigenvalue weighted by Gasteiger charge is -2.12. The second-order valence-electron chi connectivity index (χ2n) is 5.51. The predicted octanol–water partition coefficient (Wildman–Crippen LogP) is 2.30. The maximum Gasteiger partial charge on any atom is 0.272 e. The van der Waals surface area contributed by atoms with Crippen LogP contribution in [0.3, 0.4) is 0 Å². The van der Waals surface area contributed by atoms with E-state index in [1.165, 1.54) is 4.90 Å². The van der Waals surface area contributed by atoms with Crippen molar-refractivity contribution in [2.75, 3.05) is 14.2 Å². The van der Waals surface area contributed by atoms with Crippen molar-refractivity contribution in [1.82, 2.24) is 25.2 Å². The number of methoxy groups -OCH3 is 1. The molecule has 1 N–H and O–H groups in total. The van der Waals surface area contributed by atoms with Gasteiger partial charge in [0, 0.05) is 19.0 Å². The van der Waals surface area contributed by atoms with Gasteiger partial charge in [0.1, 0.15) is 18.0 Å². The SMILES string of the molecule is CCc1noc(CN(C)C(=O)c2cc(-c3ccc(OC)cc3)n[nH]2)n1. The summed E-state index contributed by atoms with van der Waals surface area (Å²) in [6.45, 7) is 2.18. The van der Waals surface area contributed by atoms with Gasteiger partial charge in [-0.05, 0) is 30.3 Å². The van der Waals surface area contributed by atoms with Gasteiger partial charge in [-0.2, -0.15) is 10.1 Å². The molecule has 1 aromatic carbocycles. The monoisotopic (exact) mass is 341 g/mol. The van der Waals surface area contributed by atoms with Crippen molar-refractivity contribution >= 4 is 5.91 Å². The number of amides is 1. The Morgan fingerprint density at radius 3 is 2.72 bits per heavy atom. The van der Waals surface area contributed by atoms with Crippen LogP contribution in [-0.2, 0) is 13.0 Å². The molecule has 0 radical (unpaired) electrons. The number of nitrogens with one attached hydrogen (secondary N) is 1. The molecule has 0 aliphatic carbocycles. The van der Waals surface area contributed by atoms with Crippen molar-refractivity contribution in [2.45, 2.75) is 19.9 Å². The average Bonchev–Trinajstić information content (AvgIpc) is 3.30. The normalized spacial score (nSPS) is 10.7. The fourth-order valence-electron chi connectivity index (χ4n) is 2.32. The largest absolute Gasteiger partial charge is 0.497 e. The Morgan fingerprint density at radius 1 is 1.32 bits per heavy atom. The zero-order valence-electron chi connectivity index (χ0n) is 14.3. The maximum absolute atomic E-state index is 12.5. The van der Waals surface area contributed by atoms with E-state index in [0.717, 1.165) is 11.3 Å². The van der Waals surface area contributed by atoms with Crippen LogP contribution < -0.4 is 4.74 Å². The predicted molar refractivity (Wildman–Crippen MR) is 90.0 cm³/mol. The Balaban J connectivity index is 1.70. The number of aromatic amines is 1. The molecule has 2 heterocycles. The van der Waals surface area contributed by atoms with E-state index in [1.807, 2.05) is 31.2 Å². The molecule has 0 bridgehead atoms. The standard InChI is InChI=1S/C17H19N5O3/c1-4-15-18-16(25-21-15)10-22(2)17(23)14-9-13(19-20-14)11-5-7-12(24-3)8-6-11/h5-9H,4,10H2,1-3H3,(H,19,20). The molecule has 0 aliphatic rings. The molecule has 2 aromatic heterocycles. The Kier molecular flexibility index (Phi) is 4.78. The lowest BCUT2D eigenvalue weighted by atomic mass is 10.1. The van der Waals surface area contributed by atoms with Gasteiger partial charge in [-0.1, -0.05) is 12.1 Å². The molecule has 0 saturated carbocycles. The summed E-state index contributed by atoms with van der Waals surface area (Å²) in [5.74, 6) is 1.59. The minimum atomic E-state index is -0.205. The highest BCUT2D eigenvalue weighted by Crippen LogP contribution is 2.21. The van der Waals surface area contributed by atoms with Gasteiger partial charge < -0.3 is 14.2 Å². The number of aryl methyl sites for hydroxylation is 1. The zero-order chi connectivity index (χ0) is 17.8. The van der Waals surface area contributed by atoms with Crippen molar-refractivity contribution in [3.8, 4) is 17.0 Å². The Morgan fingerprint density at radius 2 is 2.08 bits per heavy atom. The molecule has 1 amide bonds. The van der Waals surface area contributed by atoms with Gasteiger partial charge in [0.05, 0.1) is 12.8 Å². The quantitative estimate of drug-likeness (QED) is 0.739. The lowest BCUT2D eigenvalue weighted by molar-refractivity contribution is 0.0763. The van der Waals surface area contributed by atoms with Crippen LogP contribution in [0, 0.1) is 0 Å². The van der Waals surface area contributed by atoms with Crippen LogP contribution in [-0.4, -0.2) is 45.3 Å². The van der Waals surface area contributed by atoms with Crippen LogP contribution in [0.2, 0.25) is 0 Å². The second kappa shape index (κ2) is 7.16. The fraction of sp³-hybridized carbons (Fsp3) is 0.294. The van der Waals surface area contributed by atoms with Gasteiger partial charge in [-0.15, -0.1) is 0 Å². The number of rotatable bonds is 6. The van der Waals surface area contributed by atoms with E-state index in [9.17, 15) is 4.79 Å². The summed E-state index contributed by atoms with van der Waals surface area (Å²) in [6.07, 6.45) is 0.687. The van der Waals surface area contributed by atoms with Crippen molar-refractivity contribution in [3.63, 3.8) is 0 Å². The molecule has 8 nitrogen and oxygen atoms in total. The maximum atomic E-state index is 12.5. The molecule has 3 aromatic rings. The molecule has 3 rings (SSSR count). The average molecular weight is 341 g/mol. The van der Waals surface area contributed by atoms with Crippen molar-refractivity contribution in [2.24, 2.45) is 0 Å². The summed E-state index contributed by atoms with van der Waals surface area (Å²) in [5, 5.41) is 10.8. The highest BCUT2D eigenvalue weighted by molar-refractivity contribution is 5.93. The molecule has 0 saturated heterocycles. The molecule has 0 unspecified atom stereocenters. The van der Waals surface area contributed by atoms with Gasteiger partial charge in [-0.25, -0.2) is 0 Å². The number of carbonyl (C=O) groups excluding carboxylic acids is 1. The van der Waals surface area contributed by atoms with Crippen molar-refractivity contribution < 1.29 is 14.1 Å². The van der Waals surface area contributed by atoms with Crippen molar-refractivity contribution in [3.05, 3.63) is 47.7 Å². The van der Waals surface area contributed by atoms with Gasteiger partial charge in [0.25, 0.3) is 5.91 Å². The van der Waals surface area contributed by atoms with E-state index in [2.05, 4.69) is 20.3 Å². The Hall–Kier alpha value is -3.16. The minimum absolute atomic E-state index is 0.205. The first-order valence-electron chi connectivity index (χ1n) is 7.87. The molecule has 8 heteroatoms. The molecular formula is C17H19N5O3. The van der Waals surface area contributed by atoms with Gasteiger partial charge in [0.15, 0.2) is 5.82 Å². The first kappa shape index (κ1) is 16.7. The first-order chi connectivity index (χ1) is 12.1. The number of carbonyl (C=O) groups is 1. The first-order valence-corrected chi connectivity index (χ1v) is 7.87. The van der Waals surface area contributed by atoms with E-state index in [4.69, 9.17) is 9.26 Å². The second-order valence-corrected chi connectivity index (χ2v) is 5.51. The van der Waals surface area contributed by atoms with E-state index in [0.29, 0.717) is 29.5 Å². The summed E-state index contributed by atoms with van der Waals surface area (Å²) in [4.78, 5) is 18.2.